The average Bonchev–Trinajstić information content (AvgIpc) is 3.49. The Balaban J connectivity index is 1.48. The molecule has 0 aromatic heterocycles. The van der Waals surface area contributed by atoms with E-state index in [1.165, 1.54) is 44.1 Å². The lowest BCUT2D eigenvalue weighted by Crippen LogP contribution is -2.35. The summed E-state index contributed by atoms with van der Waals surface area (Å²) in [5, 5.41) is 30.4. The van der Waals surface area contributed by atoms with Crippen LogP contribution in [0, 0.1) is 29.1 Å². The van der Waals surface area contributed by atoms with Crippen molar-refractivity contribution in [3.63, 3.8) is 0 Å². The summed E-state index contributed by atoms with van der Waals surface area (Å²) >= 11 is 0. The molecule has 4 rings (SSSR count). The minimum Gasteiger partial charge on any atom is -0.393 e. The van der Waals surface area contributed by atoms with Crippen LogP contribution in [0.25, 0.3) is 0 Å². The van der Waals surface area contributed by atoms with Crippen LogP contribution in [0.15, 0.2) is 47.6 Å². The Kier molecular flexibility index (Phi) is 6.44. The summed E-state index contributed by atoms with van der Waals surface area (Å²) in [7, 11) is 0. The SMILES string of the molecule is C=C1/C(=C/C=C2CCC[C@@]3(C)[C@@H]2CC[C@@H]3[C@@H](C)/C=C/C(O)C2CC2)C[C@H](O)C[C@@H]1O. The summed E-state index contributed by atoms with van der Waals surface area (Å²) in [4.78, 5) is 0. The van der Waals surface area contributed by atoms with Gasteiger partial charge in [0.05, 0.1) is 18.3 Å². The van der Waals surface area contributed by atoms with Gasteiger partial charge in [-0.3, -0.25) is 0 Å². The zero-order valence-corrected chi connectivity index (χ0v) is 18.8. The van der Waals surface area contributed by atoms with Crippen LogP contribution in [-0.2, 0) is 0 Å². The smallest absolute Gasteiger partial charge is 0.0811 e. The molecular weight excluding hydrogens is 372 g/mol. The maximum atomic E-state index is 10.2. The summed E-state index contributed by atoms with van der Waals surface area (Å²) in [6, 6.07) is 0. The number of aliphatic hydroxyl groups excluding tert-OH is 3. The monoisotopic (exact) mass is 412 g/mol. The first-order valence-corrected chi connectivity index (χ1v) is 12.1. The van der Waals surface area contributed by atoms with Gasteiger partial charge in [0.2, 0.25) is 0 Å². The third-order valence-electron chi connectivity index (χ3n) is 8.65. The van der Waals surface area contributed by atoms with Gasteiger partial charge in [0.15, 0.2) is 0 Å². The molecule has 7 atom stereocenters. The van der Waals surface area contributed by atoms with Gasteiger partial charge in [-0.25, -0.2) is 0 Å². The second-order valence-electron chi connectivity index (χ2n) is 10.7. The summed E-state index contributed by atoms with van der Waals surface area (Å²) < 4.78 is 0. The lowest BCUT2D eigenvalue weighted by atomic mass is 9.61. The number of fused-ring (bicyclic) bond motifs is 1. The first kappa shape index (κ1) is 22.0. The molecule has 4 aliphatic rings. The molecule has 0 aromatic rings. The highest BCUT2D eigenvalue weighted by Crippen LogP contribution is 2.59. The first-order valence-electron chi connectivity index (χ1n) is 12.1. The van der Waals surface area contributed by atoms with Crippen LogP contribution in [0.4, 0.5) is 0 Å². The van der Waals surface area contributed by atoms with Crippen molar-refractivity contribution in [2.75, 3.05) is 0 Å². The van der Waals surface area contributed by atoms with E-state index in [-0.39, 0.29) is 6.10 Å². The summed E-state index contributed by atoms with van der Waals surface area (Å²) in [5.74, 6) is 2.28. The molecule has 3 nitrogen and oxygen atoms in total. The Morgan fingerprint density at radius 1 is 1.10 bits per heavy atom. The predicted molar refractivity (Wildman–Crippen MR) is 122 cm³/mol. The molecule has 0 aliphatic heterocycles. The fourth-order valence-electron chi connectivity index (χ4n) is 6.63. The highest BCUT2D eigenvalue weighted by atomic mass is 16.3. The average molecular weight is 413 g/mol. The lowest BCUT2D eigenvalue weighted by molar-refractivity contribution is 0.0862. The summed E-state index contributed by atoms with van der Waals surface area (Å²) in [6.45, 7) is 8.88. The molecule has 0 saturated heterocycles. The molecule has 3 heteroatoms. The van der Waals surface area contributed by atoms with Crippen LogP contribution in [0.1, 0.15) is 71.6 Å². The topological polar surface area (TPSA) is 60.7 Å². The highest BCUT2D eigenvalue weighted by Gasteiger charge is 2.50. The molecule has 0 radical (unpaired) electrons. The van der Waals surface area contributed by atoms with Crippen molar-refractivity contribution in [1.82, 2.24) is 0 Å². The molecule has 0 amide bonds. The molecule has 4 fully saturated rings. The van der Waals surface area contributed by atoms with Crippen molar-refractivity contribution in [1.29, 1.82) is 0 Å². The molecule has 0 bridgehead atoms. The van der Waals surface area contributed by atoms with E-state index < -0.39 is 12.2 Å². The Labute approximate surface area is 182 Å². The van der Waals surface area contributed by atoms with E-state index in [0.717, 1.165) is 17.6 Å². The minimum atomic E-state index is -0.621. The molecule has 1 unspecified atom stereocenters. The molecule has 166 valence electrons. The van der Waals surface area contributed by atoms with Crippen molar-refractivity contribution in [3.05, 3.63) is 47.6 Å². The normalized spacial score (nSPS) is 42.1. The minimum absolute atomic E-state index is 0.250. The summed E-state index contributed by atoms with van der Waals surface area (Å²) in [6.07, 6.45) is 16.9. The zero-order valence-electron chi connectivity index (χ0n) is 18.8. The highest BCUT2D eigenvalue weighted by molar-refractivity contribution is 5.38. The van der Waals surface area contributed by atoms with Crippen molar-refractivity contribution in [3.8, 4) is 0 Å². The molecule has 3 N–H and O–H groups in total. The second-order valence-corrected chi connectivity index (χ2v) is 10.7. The Morgan fingerprint density at radius 2 is 1.87 bits per heavy atom. The van der Waals surface area contributed by atoms with Crippen LogP contribution >= 0.6 is 0 Å². The third kappa shape index (κ3) is 4.40. The Morgan fingerprint density at radius 3 is 2.60 bits per heavy atom. The van der Waals surface area contributed by atoms with E-state index in [1.807, 2.05) is 0 Å². The fraction of sp³-hybridized carbons (Fsp3) is 0.704. The molecule has 4 aliphatic carbocycles. The Bertz CT molecular complexity index is 743. The standard InChI is InChI=1S/C27H40O3/c1-17(6-13-25(29)20-8-9-20)23-11-12-24-19(5-4-14-27(23,24)3)7-10-21-15-22(28)16-26(30)18(21)2/h6-7,10,13,17,20,22-26,28-30H,2,4-5,8-9,11-12,14-16H2,1,3H3/b13-6+,19-7?,21-10+/t17-,22-,23+,24+,25?,26-,27+/m0/s1. The van der Waals surface area contributed by atoms with E-state index in [9.17, 15) is 15.3 Å². The number of allylic oxidation sites excluding steroid dienone is 4. The molecular formula is C27H40O3. The summed E-state index contributed by atoms with van der Waals surface area (Å²) in [5.41, 5.74) is 3.63. The molecule has 0 aromatic carbocycles. The van der Waals surface area contributed by atoms with Crippen molar-refractivity contribution >= 4 is 0 Å². The second kappa shape index (κ2) is 8.76. The number of aliphatic hydroxyl groups is 3. The Hall–Kier alpha value is -1.16. The van der Waals surface area contributed by atoms with Gasteiger partial charge >= 0.3 is 0 Å². The van der Waals surface area contributed by atoms with Crippen LogP contribution < -0.4 is 0 Å². The van der Waals surface area contributed by atoms with Crippen molar-refractivity contribution in [2.45, 2.75) is 89.9 Å². The maximum Gasteiger partial charge on any atom is 0.0811 e. The number of rotatable bonds is 5. The van der Waals surface area contributed by atoms with Gasteiger partial charge in [-0.2, -0.15) is 0 Å². The van der Waals surface area contributed by atoms with E-state index >= 15 is 0 Å². The van der Waals surface area contributed by atoms with E-state index in [4.69, 9.17) is 0 Å². The van der Waals surface area contributed by atoms with Gasteiger partial charge in [-0.1, -0.05) is 50.3 Å². The maximum absolute atomic E-state index is 10.2. The van der Waals surface area contributed by atoms with Gasteiger partial charge in [0.25, 0.3) is 0 Å². The van der Waals surface area contributed by atoms with Crippen LogP contribution in [-0.4, -0.2) is 33.6 Å². The lowest BCUT2D eigenvalue weighted by Gasteiger charge is -2.44. The molecule has 4 saturated carbocycles. The number of hydrogen-bond acceptors (Lipinski definition) is 3. The van der Waals surface area contributed by atoms with Gasteiger partial charge in [-0.05, 0) is 91.6 Å². The van der Waals surface area contributed by atoms with Gasteiger partial charge < -0.3 is 15.3 Å². The van der Waals surface area contributed by atoms with Gasteiger partial charge in [0, 0.05) is 6.42 Å². The fourth-order valence-corrected chi connectivity index (χ4v) is 6.63. The largest absolute Gasteiger partial charge is 0.393 e. The van der Waals surface area contributed by atoms with E-state index in [0.29, 0.717) is 41.9 Å². The zero-order chi connectivity index (χ0) is 21.5. The molecule has 30 heavy (non-hydrogen) atoms. The van der Waals surface area contributed by atoms with E-state index in [2.05, 4.69) is 44.7 Å². The first-order chi connectivity index (χ1) is 14.3. The van der Waals surface area contributed by atoms with Crippen LogP contribution in [0.5, 0.6) is 0 Å². The van der Waals surface area contributed by atoms with Crippen LogP contribution in [0.2, 0.25) is 0 Å². The predicted octanol–water partition coefficient (Wildman–Crippen LogP) is 5.09. The van der Waals surface area contributed by atoms with E-state index in [1.54, 1.807) is 0 Å². The third-order valence-corrected chi connectivity index (χ3v) is 8.65. The van der Waals surface area contributed by atoms with Gasteiger partial charge in [-0.15, -0.1) is 0 Å². The van der Waals surface area contributed by atoms with Crippen LogP contribution in [0.3, 0.4) is 0 Å². The van der Waals surface area contributed by atoms with Crippen molar-refractivity contribution in [2.24, 2.45) is 29.1 Å². The molecule has 0 spiro atoms. The quantitative estimate of drug-likeness (QED) is 0.551. The van der Waals surface area contributed by atoms with Crippen molar-refractivity contribution < 1.29 is 15.3 Å². The number of hydrogen-bond donors (Lipinski definition) is 3. The van der Waals surface area contributed by atoms with Gasteiger partial charge in [0.1, 0.15) is 0 Å². The molecule has 0 heterocycles.